The van der Waals surface area contributed by atoms with Crippen LogP contribution in [0.5, 0.6) is 0 Å². The van der Waals surface area contributed by atoms with Gasteiger partial charge in [0.25, 0.3) is 0 Å². The van der Waals surface area contributed by atoms with Gasteiger partial charge in [0, 0.05) is 26.7 Å². The lowest BCUT2D eigenvalue weighted by atomic mass is 9.93. The average molecular weight is 356 g/mol. The van der Waals surface area contributed by atoms with Crippen LogP contribution in [-0.2, 0) is 4.74 Å². The second kappa shape index (κ2) is 11.2. The van der Waals surface area contributed by atoms with Gasteiger partial charge < -0.3 is 25.6 Å². The number of carbonyl (C=O) groups excluding carboxylic acids is 1. The van der Waals surface area contributed by atoms with E-state index in [2.05, 4.69) is 32.8 Å². The van der Waals surface area contributed by atoms with Gasteiger partial charge in [0.15, 0.2) is 5.96 Å². The summed E-state index contributed by atoms with van der Waals surface area (Å²) in [6.07, 6.45) is 3.37. The summed E-state index contributed by atoms with van der Waals surface area (Å²) in [6, 6.07) is 0. The SMILES string of the molecule is CCN1CCC(CCNC(=NC)NCCNC(=O)OC(C)(C)C)CC1. The molecule has 25 heavy (non-hydrogen) atoms. The highest BCUT2D eigenvalue weighted by molar-refractivity contribution is 5.79. The Balaban J connectivity index is 2.10. The molecule has 0 aromatic rings. The Morgan fingerprint density at radius 3 is 2.28 bits per heavy atom. The van der Waals surface area contributed by atoms with Crippen molar-refractivity contribution in [3.05, 3.63) is 0 Å². The average Bonchev–Trinajstić information content (AvgIpc) is 2.56. The smallest absolute Gasteiger partial charge is 0.407 e. The molecule has 1 fully saturated rings. The van der Waals surface area contributed by atoms with E-state index in [1.165, 1.54) is 38.9 Å². The van der Waals surface area contributed by atoms with E-state index >= 15 is 0 Å². The van der Waals surface area contributed by atoms with Gasteiger partial charge in [0.1, 0.15) is 5.60 Å². The van der Waals surface area contributed by atoms with E-state index in [9.17, 15) is 4.79 Å². The maximum atomic E-state index is 11.6. The Hall–Kier alpha value is -1.50. The van der Waals surface area contributed by atoms with E-state index in [-0.39, 0.29) is 0 Å². The highest BCUT2D eigenvalue weighted by Crippen LogP contribution is 2.19. The molecule has 0 unspecified atom stereocenters. The molecule has 0 atom stereocenters. The van der Waals surface area contributed by atoms with E-state index in [4.69, 9.17) is 4.74 Å². The Morgan fingerprint density at radius 2 is 1.72 bits per heavy atom. The molecule has 0 aliphatic carbocycles. The topological polar surface area (TPSA) is 78.0 Å². The summed E-state index contributed by atoms with van der Waals surface area (Å²) in [7, 11) is 1.76. The monoisotopic (exact) mass is 355 g/mol. The van der Waals surface area contributed by atoms with Gasteiger partial charge in [-0.2, -0.15) is 0 Å². The van der Waals surface area contributed by atoms with Crippen LogP contribution in [0.1, 0.15) is 47.0 Å². The van der Waals surface area contributed by atoms with E-state index < -0.39 is 11.7 Å². The number of alkyl carbamates (subject to hydrolysis) is 1. The normalized spacial score (nSPS) is 17.2. The number of likely N-dealkylation sites (tertiary alicyclic amines) is 1. The van der Waals surface area contributed by atoms with Crippen molar-refractivity contribution in [2.75, 3.05) is 46.3 Å². The fourth-order valence-electron chi connectivity index (χ4n) is 2.87. The lowest BCUT2D eigenvalue weighted by Crippen LogP contribution is -2.43. The summed E-state index contributed by atoms with van der Waals surface area (Å²) in [4.78, 5) is 18.3. The van der Waals surface area contributed by atoms with E-state index in [0.29, 0.717) is 13.1 Å². The molecule has 1 amide bonds. The van der Waals surface area contributed by atoms with Crippen LogP contribution in [0, 0.1) is 5.92 Å². The lowest BCUT2D eigenvalue weighted by Gasteiger charge is -2.31. The minimum absolute atomic E-state index is 0.393. The molecule has 7 nitrogen and oxygen atoms in total. The van der Waals surface area contributed by atoms with Crippen LogP contribution in [-0.4, -0.2) is 68.9 Å². The number of piperidine rings is 1. The Kier molecular flexibility index (Phi) is 9.63. The molecule has 7 heteroatoms. The number of aliphatic imine (C=N–C) groups is 1. The first-order chi connectivity index (χ1) is 11.8. The van der Waals surface area contributed by atoms with Gasteiger partial charge >= 0.3 is 6.09 Å². The second-order valence-corrected chi connectivity index (χ2v) is 7.52. The van der Waals surface area contributed by atoms with Crippen molar-refractivity contribution in [1.29, 1.82) is 0 Å². The number of hydrogen-bond acceptors (Lipinski definition) is 4. The van der Waals surface area contributed by atoms with E-state index in [0.717, 1.165) is 18.4 Å². The molecule has 1 heterocycles. The number of rotatable bonds is 7. The minimum Gasteiger partial charge on any atom is -0.444 e. The molecule has 1 aliphatic rings. The third kappa shape index (κ3) is 10.2. The van der Waals surface area contributed by atoms with Crippen molar-refractivity contribution in [2.45, 2.75) is 52.6 Å². The molecular weight excluding hydrogens is 318 g/mol. The van der Waals surface area contributed by atoms with Gasteiger partial charge in [-0.1, -0.05) is 6.92 Å². The number of ether oxygens (including phenoxy) is 1. The first-order valence-corrected chi connectivity index (χ1v) is 9.47. The highest BCUT2D eigenvalue weighted by atomic mass is 16.6. The standard InChI is InChI=1S/C18H37N5O2/c1-6-23-13-8-15(9-14-23)7-10-20-16(19-5)21-11-12-22-17(24)25-18(2,3)4/h15H,6-14H2,1-5H3,(H,22,24)(H2,19,20,21). The number of guanidine groups is 1. The zero-order valence-electron chi connectivity index (χ0n) is 16.7. The predicted molar refractivity (Wildman–Crippen MR) is 103 cm³/mol. The predicted octanol–water partition coefficient (Wildman–Crippen LogP) is 1.80. The van der Waals surface area contributed by atoms with Crippen molar-refractivity contribution in [3.8, 4) is 0 Å². The number of carbonyl (C=O) groups is 1. The fourth-order valence-corrected chi connectivity index (χ4v) is 2.87. The van der Waals surface area contributed by atoms with Gasteiger partial charge in [-0.15, -0.1) is 0 Å². The van der Waals surface area contributed by atoms with Crippen LogP contribution >= 0.6 is 0 Å². The summed E-state index contributed by atoms with van der Waals surface area (Å²) in [5, 5.41) is 9.28. The van der Waals surface area contributed by atoms with Gasteiger partial charge in [-0.25, -0.2) is 4.79 Å². The minimum atomic E-state index is -0.470. The third-order valence-electron chi connectivity index (χ3n) is 4.31. The molecule has 0 aromatic heterocycles. The third-order valence-corrected chi connectivity index (χ3v) is 4.31. The molecule has 0 saturated carbocycles. The molecule has 0 radical (unpaired) electrons. The summed E-state index contributed by atoms with van der Waals surface area (Å²) in [5.41, 5.74) is -0.470. The lowest BCUT2D eigenvalue weighted by molar-refractivity contribution is 0.0529. The Morgan fingerprint density at radius 1 is 1.12 bits per heavy atom. The summed E-state index contributed by atoms with van der Waals surface area (Å²) >= 11 is 0. The van der Waals surface area contributed by atoms with E-state index in [1.54, 1.807) is 7.05 Å². The van der Waals surface area contributed by atoms with Gasteiger partial charge in [-0.05, 0) is 65.6 Å². The molecule has 1 rings (SSSR count). The number of amides is 1. The van der Waals surface area contributed by atoms with Gasteiger partial charge in [0.2, 0.25) is 0 Å². The summed E-state index contributed by atoms with van der Waals surface area (Å²) < 4.78 is 5.19. The Bertz CT molecular complexity index is 412. The zero-order valence-corrected chi connectivity index (χ0v) is 16.7. The number of nitrogens with zero attached hydrogens (tertiary/aromatic N) is 2. The largest absolute Gasteiger partial charge is 0.444 e. The molecule has 0 spiro atoms. The fraction of sp³-hybridized carbons (Fsp3) is 0.889. The molecule has 0 aromatic carbocycles. The maximum absolute atomic E-state index is 11.6. The van der Waals surface area contributed by atoms with Crippen LogP contribution in [0.2, 0.25) is 0 Å². The summed E-state index contributed by atoms with van der Waals surface area (Å²) in [6.45, 7) is 13.4. The molecular formula is C18H37N5O2. The second-order valence-electron chi connectivity index (χ2n) is 7.52. The molecule has 0 bridgehead atoms. The van der Waals surface area contributed by atoms with Crippen molar-refractivity contribution >= 4 is 12.1 Å². The van der Waals surface area contributed by atoms with Crippen molar-refractivity contribution in [1.82, 2.24) is 20.9 Å². The molecule has 3 N–H and O–H groups in total. The number of nitrogens with one attached hydrogen (secondary N) is 3. The van der Waals surface area contributed by atoms with Crippen LogP contribution in [0.25, 0.3) is 0 Å². The van der Waals surface area contributed by atoms with Crippen LogP contribution in [0.15, 0.2) is 4.99 Å². The Labute approximate surface area is 153 Å². The zero-order chi connectivity index (χ0) is 18.7. The van der Waals surface area contributed by atoms with E-state index in [1.807, 2.05) is 20.8 Å². The van der Waals surface area contributed by atoms with Crippen molar-refractivity contribution < 1.29 is 9.53 Å². The van der Waals surface area contributed by atoms with Crippen molar-refractivity contribution in [2.24, 2.45) is 10.9 Å². The van der Waals surface area contributed by atoms with Crippen molar-refractivity contribution in [3.63, 3.8) is 0 Å². The summed E-state index contributed by atoms with van der Waals surface area (Å²) in [5.74, 6) is 1.58. The maximum Gasteiger partial charge on any atom is 0.407 e. The quantitative estimate of drug-likeness (QED) is 0.369. The van der Waals surface area contributed by atoms with Crippen LogP contribution in [0.4, 0.5) is 4.79 Å². The van der Waals surface area contributed by atoms with Crippen LogP contribution < -0.4 is 16.0 Å². The first kappa shape index (κ1) is 21.5. The first-order valence-electron chi connectivity index (χ1n) is 9.47. The van der Waals surface area contributed by atoms with Crippen LogP contribution in [0.3, 0.4) is 0 Å². The van der Waals surface area contributed by atoms with Gasteiger partial charge in [-0.3, -0.25) is 4.99 Å². The number of hydrogen-bond donors (Lipinski definition) is 3. The van der Waals surface area contributed by atoms with Gasteiger partial charge in [0.05, 0.1) is 0 Å². The molecule has 146 valence electrons. The molecule has 1 aliphatic heterocycles. The highest BCUT2D eigenvalue weighted by Gasteiger charge is 2.18. The molecule has 1 saturated heterocycles.